The van der Waals surface area contributed by atoms with Crippen LogP contribution in [0.2, 0.25) is 0 Å². The summed E-state index contributed by atoms with van der Waals surface area (Å²) in [7, 11) is 1.69. The number of carbonyl (C=O) groups excluding carboxylic acids is 1. The number of nitrogens with zero attached hydrogens (tertiary/aromatic N) is 2. The van der Waals surface area contributed by atoms with Crippen LogP contribution < -0.4 is 10.4 Å². The zero-order valence-electron chi connectivity index (χ0n) is 17.0. The highest BCUT2D eigenvalue weighted by molar-refractivity contribution is 5.83. The maximum atomic E-state index is 12.7. The predicted octanol–water partition coefficient (Wildman–Crippen LogP) is 1.97. The highest BCUT2D eigenvalue weighted by Crippen LogP contribution is 2.24. The standard InChI is InChI=1S/C21H28N2O5/c1-14-15(2)21(25)28-19-13-17(5-6-18(14)19)27-16(3)20(24)23-9-7-22(8-10-23)11-12-26-4/h5-6,13,16H,7-12H2,1-4H3. The Kier molecular flexibility index (Phi) is 6.36. The number of methoxy groups -OCH3 is 1. The molecule has 1 atom stereocenters. The van der Waals surface area contributed by atoms with Crippen LogP contribution in [-0.2, 0) is 9.53 Å². The number of carbonyl (C=O) groups is 1. The van der Waals surface area contributed by atoms with E-state index in [-0.39, 0.29) is 11.5 Å². The molecule has 0 aliphatic carbocycles. The topological polar surface area (TPSA) is 72.2 Å². The van der Waals surface area contributed by atoms with Crippen molar-refractivity contribution in [2.45, 2.75) is 26.9 Å². The summed E-state index contributed by atoms with van der Waals surface area (Å²) in [5, 5.41) is 0.871. The van der Waals surface area contributed by atoms with Crippen molar-refractivity contribution in [3.63, 3.8) is 0 Å². The van der Waals surface area contributed by atoms with Gasteiger partial charge >= 0.3 is 5.63 Å². The Morgan fingerprint density at radius 1 is 1.18 bits per heavy atom. The van der Waals surface area contributed by atoms with Crippen LogP contribution in [0, 0.1) is 13.8 Å². The molecule has 0 radical (unpaired) electrons. The minimum atomic E-state index is -0.610. The molecule has 152 valence electrons. The molecular weight excluding hydrogens is 360 g/mol. The summed E-state index contributed by atoms with van der Waals surface area (Å²) in [6.07, 6.45) is -0.610. The third-order valence-corrected chi connectivity index (χ3v) is 5.38. The first-order valence-corrected chi connectivity index (χ1v) is 9.61. The molecular formula is C21H28N2O5. The lowest BCUT2D eigenvalue weighted by Crippen LogP contribution is -2.52. The van der Waals surface area contributed by atoms with Crippen LogP contribution in [0.5, 0.6) is 5.75 Å². The average Bonchev–Trinajstić information content (AvgIpc) is 2.70. The number of rotatable bonds is 6. The molecule has 1 aromatic carbocycles. The molecule has 0 bridgehead atoms. The van der Waals surface area contributed by atoms with Crippen molar-refractivity contribution in [3.05, 3.63) is 39.7 Å². The molecule has 1 fully saturated rings. The number of aryl methyl sites for hydroxylation is 1. The summed E-state index contributed by atoms with van der Waals surface area (Å²) < 4.78 is 16.3. The fourth-order valence-electron chi connectivity index (χ4n) is 3.43. The van der Waals surface area contributed by atoms with Gasteiger partial charge in [-0.1, -0.05) is 0 Å². The zero-order chi connectivity index (χ0) is 20.3. The summed E-state index contributed by atoms with van der Waals surface area (Å²) in [6.45, 7) is 10.0. The highest BCUT2D eigenvalue weighted by Gasteiger charge is 2.26. The first kappa shape index (κ1) is 20.4. The lowest BCUT2D eigenvalue weighted by Gasteiger charge is -2.35. The smallest absolute Gasteiger partial charge is 0.339 e. The molecule has 2 aromatic rings. The van der Waals surface area contributed by atoms with Gasteiger partial charge in [-0.15, -0.1) is 0 Å². The Labute approximate surface area is 164 Å². The van der Waals surface area contributed by atoms with E-state index in [1.807, 2.05) is 17.9 Å². The van der Waals surface area contributed by atoms with Gasteiger partial charge < -0.3 is 18.8 Å². The number of piperazine rings is 1. The van der Waals surface area contributed by atoms with E-state index < -0.39 is 6.10 Å². The van der Waals surface area contributed by atoms with E-state index in [2.05, 4.69) is 4.90 Å². The third-order valence-electron chi connectivity index (χ3n) is 5.38. The molecule has 3 rings (SSSR count). The van der Waals surface area contributed by atoms with Gasteiger partial charge in [-0.3, -0.25) is 9.69 Å². The minimum absolute atomic E-state index is 0.0342. The Morgan fingerprint density at radius 2 is 1.89 bits per heavy atom. The number of fused-ring (bicyclic) bond motifs is 1. The van der Waals surface area contributed by atoms with E-state index in [9.17, 15) is 9.59 Å². The van der Waals surface area contributed by atoms with Crippen LogP contribution in [0.1, 0.15) is 18.1 Å². The molecule has 28 heavy (non-hydrogen) atoms. The molecule has 7 heteroatoms. The molecule has 2 heterocycles. The monoisotopic (exact) mass is 388 g/mol. The summed E-state index contributed by atoms with van der Waals surface area (Å²) in [5.74, 6) is 0.478. The molecule has 1 aliphatic rings. The Balaban J connectivity index is 1.64. The molecule has 0 saturated carbocycles. The fourth-order valence-corrected chi connectivity index (χ4v) is 3.43. The van der Waals surface area contributed by atoms with Crippen molar-refractivity contribution in [2.24, 2.45) is 0 Å². The number of hydrogen-bond acceptors (Lipinski definition) is 6. The summed E-state index contributed by atoms with van der Waals surface area (Å²) in [4.78, 5) is 28.8. The Hall–Kier alpha value is -2.38. The van der Waals surface area contributed by atoms with Crippen LogP contribution in [0.3, 0.4) is 0 Å². The summed E-state index contributed by atoms with van der Waals surface area (Å²) in [6, 6.07) is 5.35. The van der Waals surface area contributed by atoms with Crippen molar-refractivity contribution < 1.29 is 18.7 Å². The van der Waals surface area contributed by atoms with Gasteiger partial charge in [0, 0.05) is 56.8 Å². The molecule has 1 unspecified atom stereocenters. The van der Waals surface area contributed by atoms with Crippen LogP contribution in [-0.4, -0.2) is 68.3 Å². The SMILES string of the molecule is COCCN1CCN(C(=O)C(C)Oc2ccc3c(C)c(C)c(=O)oc3c2)CC1. The average molecular weight is 388 g/mol. The van der Waals surface area contributed by atoms with E-state index in [4.69, 9.17) is 13.9 Å². The lowest BCUT2D eigenvalue weighted by atomic mass is 10.1. The number of amides is 1. The minimum Gasteiger partial charge on any atom is -0.481 e. The maximum absolute atomic E-state index is 12.7. The van der Waals surface area contributed by atoms with E-state index in [0.29, 0.717) is 36.6 Å². The predicted molar refractivity (Wildman–Crippen MR) is 107 cm³/mol. The van der Waals surface area contributed by atoms with Crippen molar-refractivity contribution in [2.75, 3.05) is 46.4 Å². The Morgan fingerprint density at radius 3 is 2.57 bits per heavy atom. The second-order valence-corrected chi connectivity index (χ2v) is 7.22. The van der Waals surface area contributed by atoms with E-state index in [1.54, 1.807) is 33.1 Å². The normalized spacial score (nSPS) is 16.4. The zero-order valence-corrected chi connectivity index (χ0v) is 17.0. The largest absolute Gasteiger partial charge is 0.481 e. The second-order valence-electron chi connectivity index (χ2n) is 7.22. The van der Waals surface area contributed by atoms with Crippen LogP contribution in [0.15, 0.2) is 27.4 Å². The van der Waals surface area contributed by atoms with Gasteiger partial charge in [0.05, 0.1) is 6.61 Å². The van der Waals surface area contributed by atoms with Gasteiger partial charge in [-0.2, -0.15) is 0 Å². The molecule has 0 spiro atoms. The van der Waals surface area contributed by atoms with Crippen molar-refractivity contribution in [3.8, 4) is 5.75 Å². The van der Waals surface area contributed by atoms with Gasteiger partial charge in [0.15, 0.2) is 6.10 Å². The van der Waals surface area contributed by atoms with E-state index in [0.717, 1.165) is 30.6 Å². The van der Waals surface area contributed by atoms with Crippen LogP contribution in [0.4, 0.5) is 0 Å². The number of ether oxygens (including phenoxy) is 2. The molecule has 0 N–H and O–H groups in total. The number of benzene rings is 1. The molecule has 1 amide bonds. The van der Waals surface area contributed by atoms with Gasteiger partial charge in [-0.05, 0) is 38.5 Å². The molecule has 1 aliphatic heterocycles. The highest BCUT2D eigenvalue weighted by atomic mass is 16.5. The van der Waals surface area contributed by atoms with Gasteiger partial charge in [0.1, 0.15) is 11.3 Å². The molecule has 1 saturated heterocycles. The van der Waals surface area contributed by atoms with Crippen molar-refractivity contribution in [1.82, 2.24) is 9.80 Å². The second kappa shape index (κ2) is 8.75. The Bertz CT molecular complexity index is 900. The van der Waals surface area contributed by atoms with E-state index in [1.165, 1.54) is 0 Å². The first-order chi connectivity index (χ1) is 13.4. The lowest BCUT2D eigenvalue weighted by molar-refractivity contribution is -0.139. The molecule has 7 nitrogen and oxygen atoms in total. The molecule has 1 aromatic heterocycles. The van der Waals surface area contributed by atoms with Crippen LogP contribution >= 0.6 is 0 Å². The maximum Gasteiger partial charge on any atom is 0.339 e. The first-order valence-electron chi connectivity index (χ1n) is 9.61. The van der Waals surface area contributed by atoms with Gasteiger partial charge in [0.25, 0.3) is 5.91 Å². The van der Waals surface area contributed by atoms with Crippen molar-refractivity contribution in [1.29, 1.82) is 0 Å². The van der Waals surface area contributed by atoms with Gasteiger partial charge in [-0.25, -0.2) is 4.79 Å². The fraction of sp³-hybridized carbons (Fsp3) is 0.524. The third kappa shape index (κ3) is 4.36. The van der Waals surface area contributed by atoms with Crippen molar-refractivity contribution >= 4 is 16.9 Å². The van der Waals surface area contributed by atoms with Gasteiger partial charge in [0.2, 0.25) is 0 Å². The quantitative estimate of drug-likeness (QED) is 0.705. The number of hydrogen-bond donors (Lipinski definition) is 0. The van der Waals surface area contributed by atoms with E-state index >= 15 is 0 Å². The summed E-state index contributed by atoms with van der Waals surface area (Å²) >= 11 is 0. The summed E-state index contributed by atoms with van der Waals surface area (Å²) in [5.41, 5.74) is 1.62. The van der Waals surface area contributed by atoms with Crippen LogP contribution in [0.25, 0.3) is 11.0 Å².